The Kier molecular flexibility index (Phi) is 7.57. The molecule has 10 heteroatoms. The second kappa shape index (κ2) is 10.9. The average molecular weight is 563 g/mol. The smallest absolute Gasteiger partial charge is 0.340 e. The summed E-state index contributed by atoms with van der Waals surface area (Å²) in [5.74, 6) is -0.739. The van der Waals surface area contributed by atoms with Crippen LogP contribution in [0.25, 0.3) is 11.6 Å². The van der Waals surface area contributed by atoms with Crippen molar-refractivity contribution in [1.29, 1.82) is 0 Å². The summed E-state index contributed by atoms with van der Waals surface area (Å²) < 4.78 is 34.1. The fourth-order valence-electron chi connectivity index (χ4n) is 5.44. The highest BCUT2D eigenvalue weighted by Gasteiger charge is 2.33. The van der Waals surface area contributed by atoms with E-state index in [0.717, 1.165) is 24.1 Å². The summed E-state index contributed by atoms with van der Waals surface area (Å²) in [7, 11) is 0.137. The molecule has 0 spiro atoms. The number of carbonyl (C=O) groups excluding carboxylic acids is 2. The molecule has 5 rings (SSSR count). The van der Waals surface area contributed by atoms with E-state index in [1.54, 1.807) is 25.1 Å². The highest BCUT2D eigenvalue weighted by molar-refractivity contribution is 7.92. The first-order valence-corrected chi connectivity index (χ1v) is 14.9. The van der Waals surface area contributed by atoms with Gasteiger partial charge in [0.05, 0.1) is 28.3 Å². The van der Waals surface area contributed by atoms with E-state index < -0.39 is 16.0 Å². The first kappa shape index (κ1) is 27.7. The van der Waals surface area contributed by atoms with Gasteiger partial charge in [-0.1, -0.05) is 18.2 Å². The zero-order valence-corrected chi connectivity index (χ0v) is 24.0. The summed E-state index contributed by atoms with van der Waals surface area (Å²) in [6.07, 6.45) is 3.77. The standard InChI is InChI=1S/C30H34N4O5S/c1-5-39-30(36)28-19(2)31-26(22(28)10-8-15-33(3)4)18-24-23-17-21(12-13-25(23)32-29(24)35)40(37,38)34-16-14-20-9-6-7-11-27(20)34/h6-7,9,11-13,17-18,31H,5,8,10,14-16H2,1-4H3,(H,32,35)/b24-18-. The highest BCUT2D eigenvalue weighted by atomic mass is 32.2. The minimum Gasteiger partial charge on any atom is -0.462 e. The third kappa shape index (κ3) is 5.04. The van der Waals surface area contributed by atoms with Gasteiger partial charge in [-0.15, -0.1) is 0 Å². The molecule has 210 valence electrons. The van der Waals surface area contributed by atoms with Crippen molar-refractivity contribution in [3.8, 4) is 0 Å². The lowest BCUT2D eigenvalue weighted by Gasteiger charge is -2.20. The Hall–Kier alpha value is -3.89. The number of H-pyrrole nitrogens is 1. The van der Waals surface area contributed by atoms with Gasteiger partial charge in [-0.05, 0) is 95.2 Å². The molecule has 1 amide bonds. The van der Waals surface area contributed by atoms with Crippen LogP contribution in [-0.4, -0.2) is 64.0 Å². The van der Waals surface area contributed by atoms with Crippen molar-refractivity contribution in [2.24, 2.45) is 0 Å². The molecule has 2 aliphatic heterocycles. The topological polar surface area (TPSA) is 112 Å². The third-order valence-electron chi connectivity index (χ3n) is 7.33. The van der Waals surface area contributed by atoms with Gasteiger partial charge in [0.1, 0.15) is 0 Å². The lowest BCUT2D eigenvalue weighted by atomic mass is 10.00. The van der Waals surface area contributed by atoms with Crippen LogP contribution in [0.15, 0.2) is 47.4 Å². The number of fused-ring (bicyclic) bond motifs is 2. The number of rotatable bonds is 9. The van der Waals surface area contributed by atoms with E-state index in [2.05, 4.69) is 15.2 Å². The minimum absolute atomic E-state index is 0.117. The molecule has 1 aromatic heterocycles. The number of aryl methyl sites for hydroxylation is 1. The van der Waals surface area contributed by atoms with Gasteiger partial charge in [0, 0.05) is 29.2 Å². The summed E-state index contributed by atoms with van der Waals surface area (Å²) in [5, 5.41) is 2.85. The van der Waals surface area contributed by atoms with E-state index in [4.69, 9.17) is 4.74 Å². The largest absolute Gasteiger partial charge is 0.462 e. The highest BCUT2D eigenvalue weighted by Crippen LogP contribution is 2.38. The van der Waals surface area contributed by atoms with Crippen LogP contribution in [0.3, 0.4) is 0 Å². The first-order valence-electron chi connectivity index (χ1n) is 13.4. The van der Waals surface area contributed by atoms with Gasteiger partial charge < -0.3 is 19.9 Å². The maximum absolute atomic E-state index is 13.7. The van der Waals surface area contributed by atoms with E-state index in [-0.39, 0.29) is 17.4 Å². The molecule has 0 saturated heterocycles. The van der Waals surface area contributed by atoms with Crippen molar-refractivity contribution in [3.63, 3.8) is 0 Å². The van der Waals surface area contributed by atoms with Crippen LogP contribution in [0.4, 0.5) is 11.4 Å². The molecule has 0 bridgehead atoms. The lowest BCUT2D eigenvalue weighted by molar-refractivity contribution is -0.110. The van der Waals surface area contributed by atoms with Crippen LogP contribution < -0.4 is 9.62 Å². The number of esters is 1. The Balaban J connectivity index is 1.55. The predicted octanol–water partition coefficient (Wildman–Crippen LogP) is 4.24. The number of aromatic amines is 1. The number of nitrogens with one attached hydrogen (secondary N) is 2. The van der Waals surface area contributed by atoms with Crippen LogP contribution in [-0.2, 0) is 32.4 Å². The SMILES string of the molecule is CCOC(=O)c1c(C)[nH]c(/C=C2\C(=O)Nc3ccc(S(=O)(=O)N4CCc5ccccc54)cc32)c1CCCN(C)C. The number of amides is 1. The second-order valence-corrected chi connectivity index (χ2v) is 12.2. The van der Waals surface area contributed by atoms with E-state index in [1.807, 2.05) is 45.3 Å². The van der Waals surface area contributed by atoms with Crippen molar-refractivity contribution in [1.82, 2.24) is 9.88 Å². The van der Waals surface area contributed by atoms with Crippen molar-refractivity contribution < 1.29 is 22.7 Å². The van der Waals surface area contributed by atoms with Gasteiger partial charge in [0.25, 0.3) is 15.9 Å². The van der Waals surface area contributed by atoms with Gasteiger partial charge in [-0.3, -0.25) is 9.10 Å². The fraction of sp³-hybridized carbons (Fsp3) is 0.333. The summed E-state index contributed by atoms with van der Waals surface area (Å²) in [6, 6.07) is 12.2. The zero-order chi connectivity index (χ0) is 28.6. The van der Waals surface area contributed by atoms with Crippen LogP contribution >= 0.6 is 0 Å². The second-order valence-electron chi connectivity index (χ2n) is 10.3. The number of aromatic nitrogens is 1. The molecule has 0 fully saturated rings. The van der Waals surface area contributed by atoms with Crippen molar-refractivity contribution in [3.05, 3.63) is 76.1 Å². The average Bonchev–Trinajstić information content (AvgIpc) is 3.57. The molecule has 0 atom stereocenters. The monoisotopic (exact) mass is 562 g/mol. The Bertz CT molecular complexity index is 1620. The van der Waals surface area contributed by atoms with E-state index >= 15 is 0 Å². The van der Waals surface area contributed by atoms with Crippen LogP contribution in [0, 0.1) is 6.92 Å². The number of carbonyl (C=O) groups is 2. The van der Waals surface area contributed by atoms with Gasteiger partial charge in [-0.2, -0.15) is 0 Å². The van der Waals surface area contributed by atoms with Crippen molar-refractivity contribution in [2.45, 2.75) is 38.0 Å². The molecular formula is C30H34N4O5S. The molecule has 0 unspecified atom stereocenters. The van der Waals surface area contributed by atoms with Crippen LogP contribution in [0.1, 0.15) is 51.8 Å². The third-order valence-corrected chi connectivity index (χ3v) is 9.14. The molecule has 0 saturated carbocycles. The number of hydrogen-bond donors (Lipinski definition) is 2. The Labute approximate surface area is 234 Å². The number of para-hydroxylation sites is 1. The summed E-state index contributed by atoms with van der Waals surface area (Å²) >= 11 is 0. The molecule has 3 aromatic rings. The first-order chi connectivity index (χ1) is 19.1. The van der Waals surface area contributed by atoms with Crippen molar-refractivity contribution >= 4 is 44.9 Å². The normalized spacial score (nSPS) is 15.5. The number of benzene rings is 2. The van der Waals surface area contributed by atoms with Gasteiger partial charge in [0.2, 0.25) is 0 Å². The minimum atomic E-state index is -3.84. The summed E-state index contributed by atoms with van der Waals surface area (Å²) in [6.45, 7) is 5.02. The summed E-state index contributed by atoms with van der Waals surface area (Å²) in [5.41, 5.74) is 5.61. The molecule has 40 heavy (non-hydrogen) atoms. The number of ether oxygens (including phenoxy) is 1. The quantitative estimate of drug-likeness (QED) is 0.298. The number of nitrogens with zero attached hydrogens (tertiary/aromatic N) is 2. The Morgan fingerprint density at radius 1 is 1.18 bits per heavy atom. The fourth-order valence-corrected chi connectivity index (χ4v) is 6.97. The van der Waals surface area contributed by atoms with E-state index in [9.17, 15) is 18.0 Å². The molecule has 2 N–H and O–H groups in total. The number of anilines is 2. The van der Waals surface area contributed by atoms with Gasteiger partial charge >= 0.3 is 5.97 Å². The van der Waals surface area contributed by atoms with Crippen molar-refractivity contribution in [2.75, 3.05) is 43.4 Å². The van der Waals surface area contributed by atoms with E-state index in [0.29, 0.717) is 58.8 Å². The predicted molar refractivity (Wildman–Crippen MR) is 156 cm³/mol. The Morgan fingerprint density at radius 3 is 2.70 bits per heavy atom. The summed E-state index contributed by atoms with van der Waals surface area (Å²) in [4.78, 5) is 31.4. The number of sulfonamides is 1. The molecule has 0 aliphatic carbocycles. The lowest BCUT2D eigenvalue weighted by Crippen LogP contribution is -2.29. The van der Waals surface area contributed by atoms with Gasteiger partial charge in [-0.25, -0.2) is 13.2 Å². The molecule has 2 aliphatic rings. The Morgan fingerprint density at radius 2 is 1.95 bits per heavy atom. The zero-order valence-electron chi connectivity index (χ0n) is 23.2. The number of hydrogen-bond acceptors (Lipinski definition) is 6. The van der Waals surface area contributed by atoms with Crippen LogP contribution in [0.5, 0.6) is 0 Å². The van der Waals surface area contributed by atoms with Gasteiger partial charge in [0.15, 0.2) is 0 Å². The molecule has 3 heterocycles. The molecule has 2 aromatic carbocycles. The molecule has 9 nitrogen and oxygen atoms in total. The maximum Gasteiger partial charge on any atom is 0.340 e. The maximum atomic E-state index is 13.7. The molecule has 0 radical (unpaired) electrons. The van der Waals surface area contributed by atoms with Crippen LogP contribution in [0.2, 0.25) is 0 Å². The molecular weight excluding hydrogens is 528 g/mol. The van der Waals surface area contributed by atoms with E-state index in [1.165, 1.54) is 10.4 Å².